The minimum absolute atomic E-state index is 0.350. The van der Waals surface area contributed by atoms with Crippen molar-refractivity contribution >= 4 is 33.1 Å². The number of hydrogen-bond donors (Lipinski definition) is 1. The van der Waals surface area contributed by atoms with Gasteiger partial charge < -0.3 is 10.5 Å². The Kier molecular flexibility index (Phi) is 2.88. The molecule has 0 unspecified atom stereocenters. The van der Waals surface area contributed by atoms with Crippen molar-refractivity contribution in [2.75, 3.05) is 12.8 Å². The van der Waals surface area contributed by atoms with Crippen LogP contribution >= 0.6 is 27.3 Å². The van der Waals surface area contributed by atoms with Crippen LogP contribution in [0.4, 0.5) is 5.82 Å². The van der Waals surface area contributed by atoms with Gasteiger partial charge in [0.15, 0.2) is 11.6 Å². The fraction of sp³-hybridized carbons (Fsp3) is 0.111. The summed E-state index contributed by atoms with van der Waals surface area (Å²) < 4.78 is 6.17. The van der Waals surface area contributed by atoms with E-state index in [1.807, 2.05) is 11.4 Å². The van der Waals surface area contributed by atoms with Crippen LogP contribution in [0.2, 0.25) is 0 Å². The van der Waals surface area contributed by atoms with Gasteiger partial charge in [0.1, 0.15) is 12.0 Å². The predicted octanol–water partition coefficient (Wildman–Crippen LogP) is 2.56. The maximum atomic E-state index is 5.70. The Hall–Kier alpha value is -1.14. The van der Waals surface area contributed by atoms with Crippen LogP contribution in [0, 0.1) is 0 Å². The molecule has 2 aromatic rings. The molecule has 2 N–H and O–H groups in total. The van der Waals surface area contributed by atoms with Crippen molar-refractivity contribution in [2.24, 2.45) is 0 Å². The summed E-state index contributed by atoms with van der Waals surface area (Å²) in [5.41, 5.74) is 6.42. The largest absolute Gasteiger partial charge is 0.491 e. The van der Waals surface area contributed by atoms with E-state index in [-0.39, 0.29) is 0 Å². The van der Waals surface area contributed by atoms with E-state index < -0.39 is 0 Å². The number of halogens is 1. The fourth-order valence-corrected chi connectivity index (χ4v) is 2.77. The molecule has 0 fully saturated rings. The lowest BCUT2D eigenvalue weighted by Gasteiger charge is -2.07. The van der Waals surface area contributed by atoms with E-state index in [1.54, 1.807) is 18.4 Å². The second kappa shape index (κ2) is 4.16. The van der Waals surface area contributed by atoms with Gasteiger partial charge in [0.05, 0.1) is 12.0 Å². The molecule has 4 nitrogen and oxygen atoms in total. The van der Waals surface area contributed by atoms with Gasteiger partial charge in [-0.25, -0.2) is 9.97 Å². The molecule has 0 atom stereocenters. The topological polar surface area (TPSA) is 61.0 Å². The van der Waals surface area contributed by atoms with Gasteiger partial charge in [-0.2, -0.15) is 0 Å². The predicted molar refractivity (Wildman–Crippen MR) is 64.0 cm³/mol. The Morgan fingerprint density at radius 2 is 2.27 bits per heavy atom. The van der Waals surface area contributed by atoms with Crippen molar-refractivity contribution in [3.05, 3.63) is 22.2 Å². The summed E-state index contributed by atoms with van der Waals surface area (Å²) in [7, 11) is 1.56. The second-order valence-corrected chi connectivity index (χ2v) is 4.51. The number of rotatable bonds is 2. The molecule has 2 rings (SSSR count). The average Bonchev–Trinajstić information content (AvgIpc) is 2.64. The van der Waals surface area contributed by atoms with Crippen molar-refractivity contribution < 1.29 is 4.74 Å². The summed E-state index contributed by atoms with van der Waals surface area (Å²) in [5, 5.41) is 1.97. The van der Waals surface area contributed by atoms with E-state index in [0.29, 0.717) is 17.3 Å². The summed E-state index contributed by atoms with van der Waals surface area (Å²) in [6, 6.07) is 1.96. The van der Waals surface area contributed by atoms with E-state index in [1.165, 1.54) is 6.33 Å². The first kappa shape index (κ1) is 10.4. The number of thiophene rings is 1. The molecule has 0 aliphatic rings. The monoisotopic (exact) mass is 285 g/mol. The first-order chi connectivity index (χ1) is 7.24. The van der Waals surface area contributed by atoms with Crippen LogP contribution < -0.4 is 10.5 Å². The molecule has 78 valence electrons. The van der Waals surface area contributed by atoms with Gasteiger partial charge in [0, 0.05) is 4.47 Å². The van der Waals surface area contributed by atoms with E-state index in [4.69, 9.17) is 10.5 Å². The number of nitrogen functional groups attached to an aromatic ring is 1. The summed E-state index contributed by atoms with van der Waals surface area (Å²) >= 11 is 5.01. The highest BCUT2D eigenvalue weighted by molar-refractivity contribution is 9.10. The zero-order valence-electron chi connectivity index (χ0n) is 7.90. The number of ether oxygens (including phenoxy) is 1. The number of anilines is 1. The lowest BCUT2D eigenvalue weighted by molar-refractivity contribution is 0.415. The van der Waals surface area contributed by atoms with Gasteiger partial charge in [-0.05, 0) is 27.4 Å². The maximum Gasteiger partial charge on any atom is 0.188 e. The molecule has 0 aliphatic heterocycles. The Bertz CT molecular complexity index is 486. The molecular formula is C9H8BrN3OS. The van der Waals surface area contributed by atoms with Gasteiger partial charge in [-0.3, -0.25) is 0 Å². The van der Waals surface area contributed by atoms with E-state index in [0.717, 1.165) is 9.35 Å². The second-order valence-electron chi connectivity index (χ2n) is 2.74. The van der Waals surface area contributed by atoms with Crippen LogP contribution in [0.15, 0.2) is 22.2 Å². The highest BCUT2D eigenvalue weighted by Gasteiger charge is 2.15. The molecule has 0 spiro atoms. The third-order valence-electron chi connectivity index (χ3n) is 1.87. The van der Waals surface area contributed by atoms with Gasteiger partial charge in [0.2, 0.25) is 0 Å². The minimum atomic E-state index is 0.350. The average molecular weight is 286 g/mol. The fourth-order valence-electron chi connectivity index (χ4n) is 1.21. The summed E-state index contributed by atoms with van der Waals surface area (Å²) in [5.74, 6) is 0.864. The molecule has 0 bridgehead atoms. The van der Waals surface area contributed by atoms with Crippen LogP contribution in [-0.4, -0.2) is 17.1 Å². The highest BCUT2D eigenvalue weighted by Crippen LogP contribution is 2.38. The van der Waals surface area contributed by atoms with Crippen LogP contribution in [0.1, 0.15) is 0 Å². The summed E-state index contributed by atoms with van der Waals surface area (Å²) in [4.78, 5) is 9.05. The number of methoxy groups -OCH3 is 1. The van der Waals surface area contributed by atoms with Crippen molar-refractivity contribution in [3.63, 3.8) is 0 Å². The summed E-state index contributed by atoms with van der Waals surface area (Å²) in [6.07, 6.45) is 1.43. The number of nitrogens with zero attached hydrogens (tertiary/aromatic N) is 2. The van der Waals surface area contributed by atoms with Crippen molar-refractivity contribution in [1.29, 1.82) is 0 Å². The molecular weight excluding hydrogens is 278 g/mol. The van der Waals surface area contributed by atoms with Crippen LogP contribution in [0.25, 0.3) is 10.6 Å². The molecule has 0 aromatic carbocycles. The minimum Gasteiger partial charge on any atom is -0.491 e. The Balaban J connectivity index is 2.63. The zero-order valence-corrected chi connectivity index (χ0v) is 10.3. The van der Waals surface area contributed by atoms with Crippen molar-refractivity contribution in [1.82, 2.24) is 9.97 Å². The van der Waals surface area contributed by atoms with E-state index in [9.17, 15) is 0 Å². The molecule has 0 radical (unpaired) electrons. The van der Waals surface area contributed by atoms with Gasteiger partial charge in [0.25, 0.3) is 0 Å². The molecule has 0 saturated heterocycles. The van der Waals surface area contributed by atoms with Crippen LogP contribution in [-0.2, 0) is 0 Å². The smallest absolute Gasteiger partial charge is 0.188 e. The highest BCUT2D eigenvalue weighted by atomic mass is 79.9. The van der Waals surface area contributed by atoms with E-state index in [2.05, 4.69) is 25.9 Å². The van der Waals surface area contributed by atoms with Crippen molar-refractivity contribution in [2.45, 2.75) is 0 Å². The van der Waals surface area contributed by atoms with Gasteiger partial charge in [-0.1, -0.05) is 0 Å². The Morgan fingerprint density at radius 1 is 1.47 bits per heavy atom. The SMILES string of the molecule is COc1c(N)ncnc1-c1sccc1Br. The van der Waals surface area contributed by atoms with Crippen LogP contribution in [0.3, 0.4) is 0 Å². The normalized spacial score (nSPS) is 10.3. The third kappa shape index (κ3) is 1.82. The lowest BCUT2D eigenvalue weighted by atomic mass is 10.3. The Labute approximate surface area is 99.3 Å². The summed E-state index contributed by atoms with van der Waals surface area (Å²) in [6.45, 7) is 0. The number of hydrogen-bond acceptors (Lipinski definition) is 5. The number of nitrogens with two attached hydrogens (primary N) is 1. The molecule has 0 amide bonds. The van der Waals surface area contributed by atoms with Gasteiger partial charge in [-0.15, -0.1) is 11.3 Å². The van der Waals surface area contributed by atoms with Crippen LogP contribution in [0.5, 0.6) is 5.75 Å². The van der Waals surface area contributed by atoms with E-state index >= 15 is 0 Å². The lowest BCUT2D eigenvalue weighted by Crippen LogP contribution is -1.99. The molecule has 2 aromatic heterocycles. The standard InChI is InChI=1S/C9H8BrN3OS/c1-14-7-6(12-4-13-9(7)11)8-5(10)2-3-15-8/h2-4H,1H3,(H2,11,12,13). The van der Waals surface area contributed by atoms with Crippen molar-refractivity contribution in [3.8, 4) is 16.3 Å². The molecule has 0 aliphatic carbocycles. The first-order valence-corrected chi connectivity index (χ1v) is 5.79. The zero-order chi connectivity index (χ0) is 10.8. The molecule has 2 heterocycles. The Morgan fingerprint density at radius 3 is 2.87 bits per heavy atom. The third-order valence-corrected chi connectivity index (χ3v) is 3.71. The first-order valence-electron chi connectivity index (χ1n) is 4.12. The maximum absolute atomic E-state index is 5.70. The van der Waals surface area contributed by atoms with Gasteiger partial charge >= 0.3 is 0 Å². The molecule has 0 saturated carbocycles. The molecule has 15 heavy (non-hydrogen) atoms. The quantitative estimate of drug-likeness (QED) is 0.921. The number of aromatic nitrogens is 2. The molecule has 6 heteroatoms.